The third-order valence-corrected chi connectivity index (χ3v) is 6.79. The summed E-state index contributed by atoms with van der Waals surface area (Å²) in [5.74, 6) is 0.0738. The number of hydrogen-bond donors (Lipinski definition) is 1. The van der Waals surface area contributed by atoms with Gasteiger partial charge in [-0.15, -0.1) is 0 Å². The van der Waals surface area contributed by atoms with Crippen molar-refractivity contribution >= 4 is 15.7 Å². The van der Waals surface area contributed by atoms with Gasteiger partial charge >= 0.3 is 0 Å². The Kier molecular flexibility index (Phi) is 5.76. The minimum atomic E-state index is -3.34. The highest BCUT2D eigenvalue weighted by Gasteiger charge is 2.25. The van der Waals surface area contributed by atoms with Gasteiger partial charge in [-0.2, -0.15) is 0 Å². The van der Waals surface area contributed by atoms with Crippen LogP contribution < -0.4 is 5.73 Å². The molecule has 0 aromatic heterocycles. The van der Waals surface area contributed by atoms with Crippen LogP contribution in [0.3, 0.4) is 0 Å². The van der Waals surface area contributed by atoms with E-state index in [1.54, 1.807) is 11.0 Å². The average molecular weight is 365 g/mol. The second kappa shape index (κ2) is 7.85. The standard InChI is InChI=1S/C18H27N3O3S/c19-8-7-18(22)21-11-9-20(10-12-21)14-25(23,24)17-6-5-15-3-1-2-4-16(15)13-17/h5-6,13H,1-4,7-12,14,19H2. The van der Waals surface area contributed by atoms with Gasteiger partial charge in [0.15, 0.2) is 9.84 Å². The van der Waals surface area contributed by atoms with Gasteiger partial charge in [-0.05, 0) is 48.9 Å². The van der Waals surface area contributed by atoms with E-state index in [4.69, 9.17) is 5.73 Å². The van der Waals surface area contributed by atoms with Gasteiger partial charge in [0.1, 0.15) is 5.88 Å². The first kappa shape index (κ1) is 18.4. The molecule has 1 aliphatic carbocycles. The van der Waals surface area contributed by atoms with E-state index in [0.29, 0.717) is 44.0 Å². The van der Waals surface area contributed by atoms with E-state index in [1.807, 2.05) is 17.0 Å². The summed E-state index contributed by atoms with van der Waals surface area (Å²) < 4.78 is 25.5. The number of amides is 1. The minimum absolute atomic E-state index is 0.0186. The molecule has 0 atom stereocenters. The van der Waals surface area contributed by atoms with Crippen LogP contribution in [0, 0.1) is 0 Å². The topological polar surface area (TPSA) is 83.7 Å². The molecule has 1 aliphatic heterocycles. The van der Waals surface area contributed by atoms with Crippen LogP contribution in [0.5, 0.6) is 0 Å². The Hall–Kier alpha value is -1.44. The molecule has 0 saturated carbocycles. The van der Waals surface area contributed by atoms with Crippen molar-refractivity contribution in [1.82, 2.24) is 9.80 Å². The molecule has 7 heteroatoms. The summed E-state index contributed by atoms with van der Waals surface area (Å²) in [5.41, 5.74) is 7.90. The summed E-state index contributed by atoms with van der Waals surface area (Å²) in [7, 11) is -3.34. The third-order valence-electron chi connectivity index (χ3n) is 5.11. The number of fused-ring (bicyclic) bond motifs is 1. The predicted octanol–water partition coefficient (Wildman–Crippen LogP) is 0.790. The Balaban J connectivity index is 1.62. The Morgan fingerprint density at radius 3 is 2.40 bits per heavy atom. The number of sulfone groups is 1. The number of rotatable bonds is 5. The van der Waals surface area contributed by atoms with Crippen molar-refractivity contribution in [3.63, 3.8) is 0 Å². The largest absolute Gasteiger partial charge is 0.340 e. The van der Waals surface area contributed by atoms with Gasteiger partial charge in [-0.1, -0.05) is 6.07 Å². The second-order valence-corrected chi connectivity index (χ2v) is 8.88. The van der Waals surface area contributed by atoms with Gasteiger partial charge in [-0.25, -0.2) is 8.42 Å². The van der Waals surface area contributed by atoms with Crippen LogP contribution in [0.4, 0.5) is 0 Å². The fourth-order valence-corrected chi connectivity index (χ4v) is 5.11. The van der Waals surface area contributed by atoms with Crippen LogP contribution in [0.1, 0.15) is 30.4 Å². The monoisotopic (exact) mass is 365 g/mol. The summed E-state index contributed by atoms with van der Waals surface area (Å²) in [4.78, 5) is 16.0. The highest BCUT2D eigenvalue weighted by Crippen LogP contribution is 2.25. The van der Waals surface area contributed by atoms with Crippen LogP contribution in [-0.4, -0.2) is 62.7 Å². The van der Waals surface area contributed by atoms with Crippen LogP contribution in [0.25, 0.3) is 0 Å². The van der Waals surface area contributed by atoms with Gasteiger partial charge < -0.3 is 10.6 Å². The number of nitrogens with zero attached hydrogens (tertiary/aromatic N) is 2. The van der Waals surface area contributed by atoms with Crippen molar-refractivity contribution in [1.29, 1.82) is 0 Å². The van der Waals surface area contributed by atoms with E-state index < -0.39 is 9.84 Å². The lowest BCUT2D eigenvalue weighted by Gasteiger charge is -2.34. The molecule has 1 heterocycles. The van der Waals surface area contributed by atoms with E-state index >= 15 is 0 Å². The van der Waals surface area contributed by atoms with E-state index in [-0.39, 0.29) is 11.8 Å². The molecule has 0 spiro atoms. The van der Waals surface area contributed by atoms with E-state index in [0.717, 1.165) is 19.3 Å². The summed E-state index contributed by atoms with van der Waals surface area (Å²) >= 11 is 0. The lowest BCUT2D eigenvalue weighted by atomic mass is 9.92. The summed E-state index contributed by atoms with van der Waals surface area (Å²) in [5, 5.41) is 0. The zero-order chi connectivity index (χ0) is 17.9. The highest BCUT2D eigenvalue weighted by molar-refractivity contribution is 7.91. The maximum Gasteiger partial charge on any atom is 0.223 e. The fraction of sp³-hybridized carbons (Fsp3) is 0.611. The summed E-state index contributed by atoms with van der Waals surface area (Å²) in [6.45, 7) is 2.66. The molecular formula is C18H27N3O3S. The Bertz CT molecular complexity index is 725. The molecule has 1 amide bonds. The molecule has 1 aromatic rings. The van der Waals surface area contributed by atoms with Gasteiger partial charge in [-0.3, -0.25) is 9.69 Å². The number of piperazine rings is 1. The molecule has 1 fully saturated rings. The molecule has 3 rings (SSSR count). The first-order chi connectivity index (χ1) is 12.0. The number of carbonyl (C=O) groups excluding carboxylic acids is 1. The second-order valence-electron chi connectivity index (χ2n) is 6.92. The number of aryl methyl sites for hydroxylation is 2. The SMILES string of the molecule is NCCC(=O)N1CCN(CS(=O)(=O)c2ccc3c(c2)CCCC3)CC1. The van der Waals surface area contributed by atoms with Crippen molar-refractivity contribution in [2.45, 2.75) is 37.0 Å². The average Bonchev–Trinajstić information content (AvgIpc) is 2.62. The molecule has 2 N–H and O–H groups in total. The normalized spacial score (nSPS) is 18.8. The van der Waals surface area contributed by atoms with Crippen molar-refractivity contribution in [3.05, 3.63) is 29.3 Å². The highest BCUT2D eigenvalue weighted by atomic mass is 32.2. The summed E-state index contributed by atoms with van der Waals surface area (Å²) in [6, 6.07) is 5.59. The number of hydrogen-bond acceptors (Lipinski definition) is 5. The Morgan fingerprint density at radius 1 is 1.04 bits per heavy atom. The predicted molar refractivity (Wildman–Crippen MR) is 97.0 cm³/mol. The molecular weight excluding hydrogens is 338 g/mol. The van der Waals surface area contributed by atoms with Crippen LogP contribution in [0.15, 0.2) is 23.1 Å². The fourth-order valence-electron chi connectivity index (χ4n) is 3.63. The number of carbonyl (C=O) groups is 1. The van der Waals surface area contributed by atoms with Gasteiger partial charge in [0.2, 0.25) is 5.91 Å². The van der Waals surface area contributed by atoms with Gasteiger partial charge in [0, 0.05) is 39.1 Å². The smallest absolute Gasteiger partial charge is 0.223 e. The van der Waals surface area contributed by atoms with E-state index in [1.165, 1.54) is 17.5 Å². The molecule has 2 aliphatic rings. The molecule has 0 bridgehead atoms. The van der Waals surface area contributed by atoms with Crippen molar-refractivity contribution in [3.8, 4) is 0 Å². The molecule has 25 heavy (non-hydrogen) atoms. The van der Waals surface area contributed by atoms with Crippen molar-refractivity contribution in [2.24, 2.45) is 5.73 Å². The van der Waals surface area contributed by atoms with E-state index in [9.17, 15) is 13.2 Å². The van der Waals surface area contributed by atoms with Crippen LogP contribution >= 0.6 is 0 Å². The van der Waals surface area contributed by atoms with Gasteiger partial charge in [0.05, 0.1) is 4.90 Å². The third kappa shape index (κ3) is 4.40. The molecule has 0 radical (unpaired) electrons. The lowest BCUT2D eigenvalue weighted by molar-refractivity contribution is -0.132. The van der Waals surface area contributed by atoms with Crippen molar-refractivity contribution < 1.29 is 13.2 Å². The quantitative estimate of drug-likeness (QED) is 0.834. The van der Waals surface area contributed by atoms with E-state index in [2.05, 4.69) is 0 Å². The molecule has 138 valence electrons. The maximum absolute atomic E-state index is 12.8. The first-order valence-electron chi connectivity index (χ1n) is 9.04. The van der Waals surface area contributed by atoms with Crippen LogP contribution in [-0.2, 0) is 27.5 Å². The Morgan fingerprint density at radius 2 is 1.72 bits per heavy atom. The van der Waals surface area contributed by atoms with Crippen molar-refractivity contribution in [2.75, 3.05) is 38.6 Å². The zero-order valence-corrected chi connectivity index (χ0v) is 15.4. The van der Waals surface area contributed by atoms with Gasteiger partial charge in [0.25, 0.3) is 0 Å². The molecule has 1 aromatic carbocycles. The first-order valence-corrected chi connectivity index (χ1v) is 10.7. The maximum atomic E-state index is 12.8. The molecule has 0 unspecified atom stereocenters. The van der Waals surface area contributed by atoms with Crippen LogP contribution in [0.2, 0.25) is 0 Å². The Labute approximate surface area is 149 Å². The number of benzene rings is 1. The number of nitrogens with two attached hydrogens (primary N) is 1. The minimum Gasteiger partial charge on any atom is -0.340 e. The zero-order valence-electron chi connectivity index (χ0n) is 14.6. The molecule has 1 saturated heterocycles. The molecule has 6 nitrogen and oxygen atoms in total. The summed E-state index contributed by atoms with van der Waals surface area (Å²) in [6.07, 6.45) is 4.70. The lowest BCUT2D eigenvalue weighted by Crippen LogP contribution is -2.50.